The van der Waals surface area contributed by atoms with Crippen LogP contribution in [0.15, 0.2) is 47.4 Å². The Morgan fingerprint density at radius 3 is 2.44 bits per heavy atom. The maximum atomic E-state index is 15.4. The molecule has 4 aromatic rings. The molecule has 0 spiro atoms. The highest BCUT2D eigenvalue weighted by Crippen LogP contribution is 2.47. The summed E-state index contributed by atoms with van der Waals surface area (Å²) in [6.45, 7) is 0.866. The third-order valence-electron chi connectivity index (χ3n) is 8.23. The van der Waals surface area contributed by atoms with Gasteiger partial charge in [-0.3, -0.25) is 19.3 Å². The van der Waals surface area contributed by atoms with Gasteiger partial charge in [-0.25, -0.2) is 18.4 Å². The van der Waals surface area contributed by atoms with Crippen LogP contribution in [0.3, 0.4) is 0 Å². The zero-order valence-electron chi connectivity index (χ0n) is 23.9. The van der Waals surface area contributed by atoms with Crippen molar-refractivity contribution < 1.29 is 28.2 Å². The van der Waals surface area contributed by atoms with Crippen LogP contribution in [0.2, 0.25) is 10.0 Å². The molecule has 14 heteroatoms. The Hall–Kier alpha value is -4.39. The van der Waals surface area contributed by atoms with Gasteiger partial charge in [0.2, 0.25) is 5.88 Å². The van der Waals surface area contributed by atoms with Gasteiger partial charge in [-0.15, -0.1) is 0 Å². The first-order valence-electron chi connectivity index (χ1n) is 13.8. The van der Waals surface area contributed by atoms with Crippen molar-refractivity contribution in [2.45, 2.75) is 18.9 Å². The van der Waals surface area contributed by atoms with Crippen LogP contribution in [0.25, 0.3) is 22.4 Å². The normalized spacial score (nSPS) is 16.3. The third-order valence-corrected chi connectivity index (χ3v) is 9.01. The van der Waals surface area contributed by atoms with E-state index in [-0.39, 0.29) is 44.0 Å². The van der Waals surface area contributed by atoms with E-state index in [2.05, 4.69) is 20.3 Å². The van der Waals surface area contributed by atoms with Crippen molar-refractivity contribution in [3.05, 3.63) is 91.3 Å². The number of anilines is 1. The summed E-state index contributed by atoms with van der Waals surface area (Å²) in [6.07, 6.45) is 2.70. The van der Waals surface area contributed by atoms with Gasteiger partial charge in [-0.05, 0) is 54.8 Å². The van der Waals surface area contributed by atoms with Gasteiger partial charge in [0, 0.05) is 54.6 Å². The van der Waals surface area contributed by atoms with Gasteiger partial charge in [0.15, 0.2) is 0 Å². The molecule has 2 aromatic heterocycles. The number of hydrogen-bond donors (Lipinski definition) is 2. The molecule has 2 N–H and O–H groups in total. The molecule has 1 fully saturated rings. The number of aryl methyl sites for hydroxylation is 2. The molecular formula is C31H25Cl2F2N5O5. The number of carbonyl (C=O) groups is 2. The summed E-state index contributed by atoms with van der Waals surface area (Å²) in [5.41, 5.74) is 0.758. The van der Waals surface area contributed by atoms with Crippen LogP contribution in [0.4, 0.5) is 14.5 Å². The third kappa shape index (κ3) is 5.32. The summed E-state index contributed by atoms with van der Waals surface area (Å²) < 4.78 is 37.4. The lowest BCUT2D eigenvalue weighted by Crippen LogP contribution is -2.51. The van der Waals surface area contributed by atoms with Crippen LogP contribution in [-0.4, -0.2) is 56.8 Å². The largest absolute Gasteiger partial charge is 0.481 e. The van der Waals surface area contributed by atoms with E-state index < -0.39 is 35.0 Å². The van der Waals surface area contributed by atoms with Gasteiger partial charge in [0.25, 0.3) is 11.5 Å². The second-order valence-electron chi connectivity index (χ2n) is 10.8. The molecule has 1 atom stereocenters. The molecule has 1 aliphatic carbocycles. The Bertz CT molecular complexity index is 1950. The van der Waals surface area contributed by atoms with Crippen molar-refractivity contribution >= 4 is 40.8 Å². The molecule has 45 heavy (non-hydrogen) atoms. The van der Waals surface area contributed by atoms with E-state index in [9.17, 15) is 19.5 Å². The minimum Gasteiger partial charge on any atom is -0.481 e. The summed E-state index contributed by atoms with van der Waals surface area (Å²) in [4.78, 5) is 43.3. The first-order chi connectivity index (χ1) is 21.5. The summed E-state index contributed by atoms with van der Waals surface area (Å²) >= 11 is 13.3. The summed E-state index contributed by atoms with van der Waals surface area (Å²) in [5, 5.41) is 15.1. The van der Waals surface area contributed by atoms with Crippen LogP contribution in [0, 0.1) is 17.6 Å². The SMILES string of the molecule is COc1nc(-c2ccc(F)c(-c3c(F)ccc(NC(=O)c4ccnn(C)c4=O)c3Cl)c2Cl)cc2c1C(N1CC(C(=O)O)C1)CC2. The molecule has 1 saturated heterocycles. The van der Waals surface area contributed by atoms with E-state index in [1.54, 1.807) is 0 Å². The van der Waals surface area contributed by atoms with E-state index in [4.69, 9.17) is 27.9 Å². The number of likely N-dealkylation sites (tertiary alicyclic amines) is 1. The number of nitrogens with one attached hydrogen (secondary N) is 1. The van der Waals surface area contributed by atoms with Gasteiger partial charge >= 0.3 is 5.97 Å². The highest BCUT2D eigenvalue weighted by molar-refractivity contribution is 6.39. The number of benzene rings is 2. The number of fused-ring (bicyclic) bond motifs is 1. The molecule has 3 heterocycles. The molecule has 0 radical (unpaired) electrons. The monoisotopic (exact) mass is 655 g/mol. The number of hydrogen-bond acceptors (Lipinski definition) is 7. The minimum atomic E-state index is -0.896. The first-order valence-corrected chi connectivity index (χ1v) is 14.6. The Morgan fingerprint density at radius 1 is 1.07 bits per heavy atom. The lowest BCUT2D eigenvalue weighted by atomic mass is 9.95. The van der Waals surface area contributed by atoms with E-state index in [1.165, 1.54) is 38.6 Å². The molecule has 10 nitrogen and oxygen atoms in total. The van der Waals surface area contributed by atoms with Crippen molar-refractivity contribution in [2.24, 2.45) is 13.0 Å². The highest BCUT2D eigenvalue weighted by Gasteiger charge is 2.41. The molecule has 1 aliphatic heterocycles. The van der Waals surface area contributed by atoms with Gasteiger partial charge in [-0.2, -0.15) is 5.10 Å². The number of pyridine rings is 1. The van der Waals surface area contributed by atoms with Crippen LogP contribution in [-0.2, 0) is 18.3 Å². The van der Waals surface area contributed by atoms with Crippen LogP contribution >= 0.6 is 23.2 Å². The summed E-state index contributed by atoms with van der Waals surface area (Å²) in [6, 6.07) is 7.74. The number of amides is 1. The van der Waals surface area contributed by atoms with Gasteiger partial charge in [-0.1, -0.05) is 23.2 Å². The predicted molar refractivity (Wildman–Crippen MR) is 163 cm³/mol. The van der Waals surface area contributed by atoms with E-state index in [0.29, 0.717) is 31.1 Å². The minimum absolute atomic E-state index is 0.0513. The van der Waals surface area contributed by atoms with Crippen molar-refractivity contribution in [2.75, 3.05) is 25.5 Å². The second kappa shape index (κ2) is 11.8. The number of carbonyl (C=O) groups excluding carboxylic acids is 1. The van der Waals surface area contributed by atoms with E-state index in [0.717, 1.165) is 34.4 Å². The Morgan fingerprint density at radius 2 is 1.76 bits per heavy atom. The fourth-order valence-electron chi connectivity index (χ4n) is 5.89. The smallest absolute Gasteiger partial charge is 0.309 e. The molecule has 0 saturated carbocycles. The van der Waals surface area contributed by atoms with E-state index >= 15 is 8.78 Å². The number of aliphatic carboxylic acids is 1. The van der Waals surface area contributed by atoms with Crippen LogP contribution in [0.5, 0.6) is 5.88 Å². The number of carboxylic acid groups (broad SMARTS) is 1. The average Bonchev–Trinajstić information content (AvgIpc) is 3.39. The Labute approximate surface area is 265 Å². The zero-order valence-corrected chi connectivity index (χ0v) is 25.4. The van der Waals surface area contributed by atoms with Crippen molar-refractivity contribution in [3.63, 3.8) is 0 Å². The molecule has 1 amide bonds. The second-order valence-corrected chi connectivity index (χ2v) is 11.6. The average molecular weight is 656 g/mol. The fourth-order valence-corrected chi connectivity index (χ4v) is 6.53. The van der Waals surface area contributed by atoms with Gasteiger partial charge < -0.3 is 15.2 Å². The number of halogens is 4. The highest BCUT2D eigenvalue weighted by atomic mass is 35.5. The maximum absolute atomic E-state index is 15.4. The number of rotatable bonds is 7. The molecule has 0 bridgehead atoms. The zero-order chi connectivity index (χ0) is 32.2. The van der Waals surface area contributed by atoms with Crippen molar-refractivity contribution in [1.82, 2.24) is 19.7 Å². The first kappa shape index (κ1) is 30.6. The van der Waals surface area contributed by atoms with Crippen LogP contribution in [0.1, 0.15) is 33.9 Å². The summed E-state index contributed by atoms with van der Waals surface area (Å²) in [5.74, 6) is -3.48. The number of methoxy groups -OCH3 is 1. The maximum Gasteiger partial charge on any atom is 0.309 e. The van der Waals surface area contributed by atoms with Crippen LogP contribution < -0.4 is 15.6 Å². The van der Waals surface area contributed by atoms with E-state index in [1.807, 2.05) is 6.07 Å². The Kier molecular flexibility index (Phi) is 8.06. The molecule has 6 rings (SSSR count). The number of nitrogens with zero attached hydrogens (tertiary/aromatic N) is 4. The molecule has 2 aromatic carbocycles. The van der Waals surface area contributed by atoms with Gasteiger partial charge in [0.05, 0.1) is 34.5 Å². The number of aromatic nitrogens is 3. The molecule has 232 valence electrons. The summed E-state index contributed by atoms with van der Waals surface area (Å²) in [7, 11) is 2.86. The van der Waals surface area contributed by atoms with Crippen molar-refractivity contribution in [1.29, 1.82) is 0 Å². The lowest BCUT2D eigenvalue weighted by molar-refractivity contribution is -0.148. The van der Waals surface area contributed by atoms with Crippen molar-refractivity contribution in [3.8, 4) is 28.3 Å². The number of carboxylic acids is 1. The number of ether oxygens (including phenoxy) is 1. The quantitative estimate of drug-likeness (QED) is 0.273. The Balaban J connectivity index is 1.38. The topological polar surface area (TPSA) is 127 Å². The predicted octanol–water partition coefficient (Wildman–Crippen LogP) is 5.36. The lowest BCUT2D eigenvalue weighted by Gasteiger charge is -2.41. The van der Waals surface area contributed by atoms with Gasteiger partial charge in [0.1, 0.15) is 17.2 Å². The molecular weight excluding hydrogens is 631 g/mol. The molecule has 1 unspecified atom stereocenters. The fraction of sp³-hybridized carbons (Fsp3) is 0.258. The molecule has 2 aliphatic rings. The standard InChI is InChI=1S/C31H25Cl2F2N5O5/c1-39-30(42)17(9-10-36-39)28(41)37-20-7-6-19(35)25(27(20)33)24-18(34)5-4-16(26(24)32)21-11-14-3-8-22(23(14)29(38-21)45-2)40-12-15(13-40)31(43)44/h4-7,9-11,15,22H,3,8,12-13H2,1-2H3,(H,37,41)(H,43,44).